The summed E-state index contributed by atoms with van der Waals surface area (Å²) in [5.74, 6) is 2.11. The molecule has 0 aliphatic rings. The van der Waals surface area contributed by atoms with Crippen LogP contribution in [0, 0.1) is 0 Å². The van der Waals surface area contributed by atoms with E-state index < -0.39 is 8.32 Å². The van der Waals surface area contributed by atoms with E-state index in [1.165, 1.54) is 5.56 Å². The quantitative estimate of drug-likeness (QED) is 0.573. The maximum Gasteiger partial charge on any atom is 0.192 e. The fourth-order valence-corrected chi connectivity index (χ4v) is 3.21. The minimum absolute atomic E-state index is 0.308. The minimum Gasteiger partial charge on any atom is -0.416 e. The van der Waals surface area contributed by atoms with Crippen LogP contribution >= 0.6 is 11.8 Å². The van der Waals surface area contributed by atoms with E-state index in [0.29, 0.717) is 5.04 Å². The highest BCUT2D eigenvalue weighted by Crippen LogP contribution is 2.36. The fraction of sp³-hybridized carbons (Fsp3) is 0.643. The summed E-state index contributed by atoms with van der Waals surface area (Å²) < 4.78 is 6.14. The zero-order chi connectivity index (χ0) is 13.6. The van der Waals surface area contributed by atoms with Crippen molar-refractivity contribution in [1.29, 1.82) is 0 Å². The molecule has 0 radical (unpaired) electrons. The molecule has 0 atom stereocenters. The Balaban J connectivity index is 2.20. The number of pyridine rings is 1. The SMILES string of the molecule is CC(C)(C)[Si](C)(C)OCCSCc1ccncc1. The molecule has 0 spiro atoms. The van der Waals surface area contributed by atoms with Gasteiger partial charge in [0.15, 0.2) is 8.32 Å². The van der Waals surface area contributed by atoms with Crippen molar-refractivity contribution < 1.29 is 4.43 Å². The second-order valence-corrected chi connectivity index (χ2v) is 11.9. The summed E-state index contributed by atoms with van der Waals surface area (Å²) in [6.07, 6.45) is 3.70. The highest BCUT2D eigenvalue weighted by Gasteiger charge is 2.36. The van der Waals surface area contributed by atoms with E-state index in [4.69, 9.17) is 4.43 Å². The molecule has 0 unspecified atom stereocenters. The predicted molar refractivity (Wildman–Crippen MR) is 83.5 cm³/mol. The summed E-state index contributed by atoms with van der Waals surface area (Å²) >= 11 is 1.93. The van der Waals surface area contributed by atoms with Crippen LogP contribution in [-0.2, 0) is 10.2 Å². The number of aromatic nitrogens is 1. The maximum absolute atomic E-state index is 6.14. The van der Waals surface area contributed by atoms with Crippen LogP contribution < -0.4 is 0 Å². The number of hydrogen-bond acceptors (Lipinski definition) is 3. The molecule has 0 amide bonds. The van der Waals surface area contributed by atoms with Gasteiger partial charge < -0.3 is 4.43 Å². The Morgan fingerprint density at radius 3 is 2.39 bits per heavy atom. The lowest BCUT2D eigenvalue weighted by atomic mass is 10.2. The third-order valence-corrected chi connectivity index (χ3v) is 9.05. The van der Waals surface area contributed by atoms with Crippen LogP contribution in [0.1, 0.15) is 26.3 Å². The first kappa shape index (κ1) is 15.7. The van der Waals surface area contributed by atoms with Gasteiger partial charge >= 0.3 is 0 Å². The molecule has 0 saturated carbocycles. The van der Waals surface area contributed by atoms with Crippen molar-refractivity contribution in [3.05, 3.63) is 30.1 Å². The summed E-state index contributed by atoms with van der Waals surface area (Å²) in [4.78, 5) is 4.02. The van der Waals surface area contributed by atoms with Crippen molar-refractivity contribution in [3.63, 3.8) is 0 Å². The van der Waals surface area contributed by atoms with Crippen LogP contribution in [0.25, 0.3) is 0 Å². The third kappa shape index (κ3) is 5.12. The Morgan fingerprint density at radius 2 is 1.83 bits per heavy atom. The Labute approximate surface area is 117 Å². The molecule has 0 saturated heterocycles. The van der Waals surface area contributed by atoms with Crippen molar-refractivity contribution in [3.8, 4) is 0 Å². The lowest BCUT2D eigenvalue weighted by molar-refractivity contribution is 0.311. The van der Waals surface area contributed by atoms with Gasteiger partial charge in [0.1, 0.15) is 0 Å². The van der Waals surface area contributed by atoms with Crippen LogP contribution in [-0.4, -0.2) is 25.7 Å². The number of nitrogens with zero attached hydrogens (tertiary/aromatic N) is 1. The van der Waals surface area contributed by atoms with Crippen molar-refractivity contribution in [2.24, 2.45) is 0 Å². The molecule has 2 nitrogen and oxygen atoms in total. The molecule has 0 fully saturated rings. The molecule has 0 N–H and O–H groups in total. The summed E-state index contributed by atoms with van der Waals surface area (Å²) in [5, 5.41) is 0.308. The second-order valence-electron chi connectivity index (χ2n) is 6.02. The lowest BCUT2D eigenvalue weighted by Gasteiger charge is -2.36. The fourth-order valence-electron chi connectivity index (χ4n) is 1.24. The van der Waals surface area contributed by atoms with E-state index in [2.05, 4.69) is 51.0 Å². The van der Waals surface area contributed by atoms with Gasteiger partial charge in [-0.2, -0.15) is 11.8 Å². The Bertz CT molecular complexity index is 349. The number of thioether (sulfide) groups is 1. The molecule has 0 aromatic carbocycles. The monoisotopic (exact) mass is 283 g/mol. The number of rotatable bonds is 6. The standard InChI is InChI=1S/C14H25NOSSi/c1-14(2,3)18(4,5)16-10-11-17-12-13-6-8-15-9-7-13/h6-9H,10-12H2,1-5H3. The van der Waals surface area contributed by atoms with Gasteiger partial charge in [0.25, 0.3) is 0 Å². The molecular weight excluding hydrogens is 258 g/mol. The maximum atomic E-state index is 6.14. The summed E-state index contributed by atoms with van der Waals surface area (Å²) in [6.45, 7) is 12.3. The van der Waals surface area contributed by atoms with Gasteiger partial charge in [0.05, 0.1) is 0 Å². The first-order valence-corrected chi connectivity index (χ1v) is 10.5. The minimum atomic E-state index is -1.56. The lowest BCUT2D eigenvalue weighted by Crippen LogP contribution is -2.41. The normalized spacial score (nSPS) is 12.7. The smallest absolute Gasteiger partial charge is 0.192 e. The van der Waals surface area contributed by atoms with Gasteiger partial charge in [0.2, 0.25) is 0 Å². The molecule has 4 heteroatoms. The van der Waals surface area contributed by atoms with Gasteiger partial charge in [-0.3, -0.25) is 4.98 Å². The Hall–Kier alpha value is -0.323. The molecule has 0 bridgehead atoms. The molecule has 1 heterocycles. The zero-order valence-electron chi connectivity index (χ0n) is 12.2. The van der Waals surface area contributed by atoms with E-state index in [-0.39, 0.29) is 0 Å². The largest absolute Gasteiger partial charge is 0.416 e. The summed E-state index contributed by atoms with van der Waals surface area (Å²) in [7, 11) is -1.56. The average Bonchev–Trinajstić information content (AvgIpc) is 2.28. The second kappa shape index (κ2) is 6.73. The zero-order valence-corrected chi connectivity index (χ0v) is 14.0. The van der Waals surface area contributed by atoms with Crippen LogP contribution in [0.15, 0.2) is 24.5 Å². The van der Waals surface area contributed by atoms with Crippen molar-refractivity contribution in [1.82, 2.24) is 4.98 Å². The van der Waals surface area contributed by atoms with Gasteiger partial charge in [-0.05, 0) is 35.8 Å². The van der Waals surface area contributed by atoms with Gasteiger partial charge in [-0.25, -0.2) is 0 Å². The van der Waals surface area contributed by atoms with Crippen LogP contribution in [0.3, 0.4) is 0 Å². The van der Waals surface area contributed by atoms with Crippen LogP contribution in [0.2, 0.25) is 18.1 Å². The molecular formula is C14H25NOSSi. The Morgan fingerprint density at radius 1 is 1.22 bits per heavy atom. The van der Waals surface area contributed by atoms with Gasteiger partial charge in [0, 0.05) is 30.5 Å². The predicted octanol–water partition coefficient (Wildman–Crippen LogP) is 4.34. The van der Waals surface area contributed by atoms with E-state index in [0.717, 1.165) is 18.1 Å². The molecule has 0 aliphatic carbocycles. The third-order valence-electron chi connectivity index (χ3n) is 3.51. The van der Waals surface area contributed by atoms with Crippen molar-refractivity contribution in [2.45, 2.75) is 44.7 Å². The van der Waals surface area contributed by atoms with Crippen molar-refractivity contribution in [2.75, 3.05) is 12.4 Å². The van der Waals surface area contributed by atoms with E-state index >= 15 is 0 Å². The van der Waals surface area contributed by atoms with Gasteiger partial charge in [-0.15, -0.1) is 0 Å². The highest BCUT2D eigenvalue weighted by molar-refractivity contribution is 7.98. The molecule has 102 valence electrons. The van der Waals surface area contributed by atoms with Gasteiger partial charge in [-0.1, -0.05) is 20.8 Å². The van der Waals surface area contributed by atoms with Crippen molar-refractivity contribution >= 4 is 20.1 Å². The molecule has 1 rings (SSSR count). The van der Waals surface area contributed by atoms with Crippen LogP contribution in [0.5, 0.6) is 0 Å². The topological polar surface area (TPSA) is 22.1 Å². The number of hydrogen-bond donors (Lipinski definition) is 0. The highest BCUT2D eigenvalue weighted by atomic mass is 32.2. The van der Waals surface area contributed by atoms with E-state index in [9.17, 15) is 0 Å². The summed E-state index contributed by atoms with van der Waals surface area (Å²) in [6, 6.07) is 4.14. The Kier molecular flexibility index (Phi) is 5.88. The molecule has 18 heavy (non-hydrogen) atoms. The van der Waals surface area contributed by atoms with E-state index in [1.54, 1.807) is 0 Å². The molecule has 1 aromatic heterocycles. The molecule has 1 aromatic rings. The molecule has 0 aliphatic heterocycles. The summed E-state index contributed by atoms with van der Waals surface area (Å²) in [5.41, 5.74) is 1.34. The van der Waals surface area contributed by atoms with E-state index in [1.807, 2.05) is 24.2 Å². The first-order valence-electron chi connectivity index (χ1n) is 6.43. The first-order chi connectivity index (χ1) is 8.33. The average molecular weight is 284 g/mol. The van der Waals surface area contributed by atoms with Crippen LogP contribution in [0.4, 0.5) is 0 Å².